The van der Waals surface area contributed by atoms with Gasteiger partial charge in [0, 0.05) is 41.8 Å². The van der Waals surface area contributed by atoms with Gasteiger partial charge >= 0.3 is 0 Å². The normalized spacial score (nSPS) is 11.3. The minimum atomic E-state index is -0.365. The number of hydrogen-bond donors (Lipinski definition) is 1. The number of ether oxygens (including phenoxy) is 1. The lowest BCUT2D eigenvalue weighted by Crippen LogP contribution is -2.26. The molecular weight excluding hydrogens is 370 g/mol. The van der Waals surface area contributed by atoms with Gasteiger partial charge in [-0.25, -0.2) is 4.98 Å². The second-order valence-electron chi connectivity index (χ2n) is 5.99. The smallest absolute Gasteiger partial charge is 0.262 e. The number of hydrogen-bond acceptors (Lipinski definition) is 6. The molecule has 0 radical (unpaired) electrons. The first-order valence-corrected chi connectivity index (χ1v) is 10.1. The van der Waals surface area contributed by atoms with Crippen LogP contribution in [-0.4, -0.2) is 29.2 Å². The van der Waals surface area contributed by atoms with E-state index in [0.717, 1.165) is 20.1 Å². The molecular formula is C18H21N3O3S2. The van der Waals surface area contributed by atoms with Gasteiger partial charge in [-0.3, -0.25) is 14.2 Å². The summed E-state index contributed by atoms with van der Waals surface area (Å²) in [5.41, 5.74) is 6.15. The third-order valence-corrected chi connectivity index (χ3v) is 6.06. The topological polar surface area (TPSA) is 87.2 Å². The van der Waals surface area contributed by atoms with E-state index in [1.807, 2.05) is 24.4 Å². The highest BCUT2D eigenvalue weighted by Gasteiger charge is 2.20. The first-order chi connectivity index (χ1) is 12.5. The first-order valence-electron chi connectivity index (χ1n) is 8.37. The molecule has 0 spiro atoms. The molecule has 6 nitrogen and oxygen atoms in total. The van der Waals surface area contributed by atoms with Crippen LogP contribution in [0, 0.1) is 6.92 Å². The van der Waals surface area contributed by atoms with E-state index in [9.17, 15) is 9.59 Å². The summed E-state index contributed by atoms with van der Waals surface area (Å²) in [6.45, 7) is 2.92. The second kappa shape index (κ2) is 8.11. The van der Waals surface area contributed by atoms with Crippen molar-refractivity contribution in [3.05, 3.63) is 38.6 Å². The van der Waals surface area contributed by atoms with E-state index in [0.29, 0.717) is 37.2 Å². The predicted molar refractivity (Wildman–Crippen MR) is 106 cm³/mol. The molecule has 3 heterocycles. The number of carbonyl (C=O) groups is 1. The maximum Gasteiger partial charge on any atom is 0.262 e. The van der Waals surface area contributed by atoms with Crippen molar-refractivity contribution < 1.29 is 9.53 Å². The Morgan fingerprint density at radius 1 is 1.42 bits per heavy atom. The van der Waals surface area contributed by atoms with Crippen molar-refractivity contribution in [1.29, 1.82) is 0 Å². The fourth-order valence-electron chi connectivity index (χ4n) is 2.98. The number of fused-ring (bicyclic) bond motifs is 1. The zero-order valence-electron chi connectivity index (χ0n) is 14.8. The van der Waals surface area contributed by atoms with Gasteiger partial charge in [-0.2, -0.15) is 0 Å². The number of rotatable bonds is 8. The lowest BCUT2D eigenvalue weighted by molar-refractivity contribution is -0.118. The van der Waals surface area contributed by atoms with Crippen LogP contribution < -0.4 is 11.3 Å². The number of amides is 1. The van der Waals surface area contributed by atoms with Crippen molar-refractivity contribution in [2.24, 2.45) is 5.73 Å². The Morgan fingerprint density at radius 3 is 2.88 bits per heavy atom. The fraction of sp³-hybridized carbons (Fsp3) is 0.389. The van der Waals surface area contributed by atoms with Gasteiger partial charge in [0.1, 0.15) is 10.7 Å². The van der Waals surface area contributed by atoms with E-state index in [2.05, 4.69) is 0 Å². The lowest BCUT2D eigenvalue weighted by atomic mass is 10.1. The van der Waals surface area contributed by atoms with Crippen molar-refractivity contribution >= 4 is 38.8 Å². The van der Waals surface area contributed by atoms with Crippen molar-refractivity contribution in [1.82, 2.24) is 9.55 Å². The number of carbonyl (C=O) groups excluding carboxylic acids is 1. The maximum absolute atomic E-state index is 13.3. The number of nitrogens with zero attached hydrogens (tertiary/aromatic N) is 2. The molecule has 26 heavy (non-hydrogen) atoms. The Bertz CT molecular complexity index is 974. The molecule has 138 valence electrons. The van der Waals surface area contributed by atoms with Gasteiger partial charge in [-0.05, 0) is 24.8 Å². The van der Waals surface area contributed by atoms with Crippen LogP contribution in [0.5, 0.6) is 0 Å². The highest BCUT2D eigenvalue weighted by Crippen LogP contribution is 2.37. The van der Waals surface area contributed by atoms with E-state index in [1.54, 1.807) is 34.4 Å². The van der Waals surface area contributed by atoms with Gasteiger partial charge in [0.05, 0.1) is 12.0 Å². The summed E-state index contributed by atoms with van der Waals surface area (Å²) in [4.78, 5) is 32.0. The Morgan fingerprint density at radius 2 is 2.23 bits per heavy atom. The van der Waals surface area contributed by atoms with Gasteiger partial charge in [0.2, 0.25) is 5.91 Å². The molecule has 0 aromatic carbocycles. The van der Waals surface area contributed by atoms with Gasteiger partial charge in [-0.1, -0.05) is 6.07 Å². The van der Waals surface area contributed by atoms with Crippen molar-refractivity contribution in [3.8, 4) is 10.4 Å². The molecule has 0 saturated heterocycles. The van der Waals surface area contributed by atoms with Crippen LogP contribution in [0.3, 0.4) is 0 Å². The number of aromatic nitrogens is 2. The summed E-state index contributed by atoms with van der Waals surface area (Å²) in [5, 5.41) is 2.67. The molecule has 0 aliphatic rings. The van der Waals surface area contributed by atoms with Gasteiger partial charge in [-0.15, -0.1) is 22.7 Å². The monoisotopic (exact) mass is 391 g/mol. The molecule has 3 aromatic rings. The number of methoxy groups -OCH3 is 1. The summed E-state index contributed by atoms with van der Waals surface area (Å²) in [5.74, 6) is 0.323. The molecule has 0 aliphatic carbocycles. The van der Waals surface area contributed by atoms with E-state index in [4.69, 9.17) is 15.5 Å². The Balaban J connectivity index is 2.14. The third kappa shape index (κ3) is 3.72. The third-order valence-electron chi connectivity index (χ3n) is 4.17. The Kier molecular flexibility index (Phi) is 5.85. The predicted octanol–water partition coefficient (Wildman–Crippen LogP) is 2.95. The van der Waals surface area contributed by atoms with Crippen LogP contribution in [0.1, 0.15) is 23.5 Å². The van der Waals surface area contributed by atoms with Crippen LogP contribution in [-0.2, 0) is 22.5 Å². The standard InChI is InChI=1S/C18H21N3O3S2/c1-11-15(12-5-4-10-25-12)16-17(26-11)20-14(7-9-24-2)21(18(16)23)8-3-6-13(19)22/h4-5,10H,3,6-9H2,1-2H3,(H2,19,22). The van der Waals surface area contributed by atoms with Gasteiger partial charge < -0.3 is 10.5 Å². The van der Waals surface area contributed by atoms with Crippen LogP contribution in [0.15, 0.2) is 22.3 Å². The van der Waals surface area contributed by atoms with E-state index < -0.39 is 0 Å². The van der Waals surface area contributed by atoms with Gasteiger partial charge in [0.25, 0.3) is 5.56 Å². The van der Waals surface area contributed by atoms with Gasteiger partial charge in [0.15, 0.2) is 0 Å². The largest absolute Gasteiger partial charge is 0.384 e. The van der Waals surface area contributed by atoms with Crippen molar-refractivity contribution in [2.75, 3.05) is 13.7 Å². The summed E-state index contributed by atoms with van der Waals surface area (Å²) >= 11 is 3.16. The molecule has 0 saturated carbocycles. The zero-order chi connectivity index (χ0) is 18.7. The minimum Gasteiger partial charge on any atom is -0.384 e. The fourth-order valence-corrected chi connectivity index (χ4v) is 4.93. The van der Waals surface area contributed by atoms with Crippen LogP contribution >= 0.6 is 22.7 Å². The SMILES string of the molecule is COCCc1nc2sc(C)c(-c3cccs3)c2c(=O)n1CCCC(N)=O. The average molecular weight is 392 g/mol. The lowest BCUT2D eigenvalue weighted by Gasteiger charge is -2.12. The molecule has 3 aromatic heterocycles. The highest BCUT2D eigenvalue weighted by molar-refractivity contribution is 7.20. The first kappa shape index (κ1) is 18.8. The van der Waals surface area contributed by atoms with E-state index in [-0.39, 0.29) is 17.9 Å². The number of thiophene rings is 2. The van der Waals surface area contributed by atoms with Crippen LogP contribution in [0.25, 0.3) is 20.7 Å². The highest BCUT2D eigenvalue weighted by atomic mass is 32.1. The molecule has 0 aliphatic heterocycles. The zero-order valence-corrected chi connectivity index (χ0v) is 16.4. The molecule has 1 amide bonds. The second-order valence-corrected chi connectivity index (χ2v) is 8.14. The number of primary amides is 1. The molecule has 8 heteroatoms. The maximum atomic E-state index is 13.3. The number of aryl methyl sites for hydroxylation is 1. The summed E-state index contributed by atoms with van der Waals surface area (Å²) in [6, 6.07) is 4.00. The summed E-state index contributed by atoms with van der Waals surface area (Å²) in [7, 11) is 1.62. The van der Waals surface area contributed by atoms with E-state index >= 15 is 0 Å². The minimum absolute atomic E-state index is 0.0571. The molecule has 0 atom stereocenters. The van der Waals surface area contributed by atoms with Crippen LogP contribution in [0.2, 0.25) is 0 Å². The van der Waals surface area contributed by atoms with E-state index in [1.165, 1.54) is 0 Å². The average Bonchev–Trinajstić information content (AvgIpc) is 3.21. The van der Waals surface area contributed by atoms with Crippen molar-refractivity contribution in [3.63, 3.8) is 0 Å². The molecule has 0 fully saturated rings. The quantitative estimate of drug-likeness (QED) is 0.639. The van der Waals surface area contributed by atoms with Crippen LogP contribution in [0.4, 0.5) is 0 Å². The summed E-state index contributed by atoms with van der Waals surface area (Å²) < 4.78 is 6.83. The Hall–Kier alpha value is -2.03. The Labute approximate surface area is 159 Å². The summed E-state index contributed by atoms with van der Waals surface area (Å²) in [6.07, 6.45) is 1.30. The molecule has 3 rings (SSSR count). The van der Waals surface area contributed by atoms with Crippen molar-refractivity contribution in [2.45, 2.75) is 32.7 Å². The molecule has 0 unspecified atom stereocenters. The number of nitrogens with two attached hydrogens (primary N) is 1. The molecule has 2 N–H and O–H groups in total. The molecule has 0 bridgehead atoms.